The van der Waals surface area contributed by atoms with Crippen molar-refractivity contribution in [1.82, 2.24) is 14.9 Å². The minimum absolute atomic E-state index is 0.750. The number of aromatic nitrogens is 2. The third-order valence-electron chi connectivity index (χ3n) is 3.38. The van der Waals surface area contributed by atoms with E-state index in [1.165, 1.54) is 0 Å². The molecule has 0 atom stereocenters. The molecule has 2 N–H and O–H groups in total. The zero-order valence-electron chi connectivity index (χ0n) is 14.2. The topological polar surface area (TPSA) is 53.1 Å². The van der Waals surface area contributed by atoms with Crippen LogP contribution in [0.2, 0.25) is 0 Å². The van der Waals surface area contributed by atoms with Crippen molar-refractivity contribution in [2.24, 2.45) is 0 Å². The van der Waals surface area contributed by atoms with Crippen LogP contribution in [-0.2, 0) is 0 Å². The van der Waals surface area contributed by atoms with E-state index in [4.69, 9.17) is 0 Å². The van der Waals surface area contributed by atoms with Crippen molar-refractivity contribution < 1.29 is 0 Å². The van der Waals surface area contributed by atoms with Crippen molar-refractivity contribution in [3.63, 3.8) is 0 Å². The third kappa shape index (κ3) is 5.80. The Labute approximate surface area is 146 Å². The monoisotopic (exact) mass is 377 g/mol. The minimum Gasteiger partial charge on any atom is -0.370 e. The first kappa shape index (κ1) is 17.7. The molecule has 0 aliphatic rings. The van der Waals surface area contributed by atoms with E-state index in [0.29, 0.717) is 0 Å². The summed E-state index contributed by atoms with van der Waals surface area (Å²) in [6.07, 6.45) is 1.07. The van der Waals surface area contributed by atoms with Crippen LogP contribution in [0.25, 0.3) is 0 Å². The fraction of sp³-hybridized carbons (Fsp3) is 0.412. The van der Waals surface area contributed by atoms with E-state index in [2.05, 4.69) is 68.5 Å². The van der Waals surface area contributed by atoms with Crippen molar-refractivity contribution in [1.29, 1.82) is 0 Å². The summed E-state index contributed by atoms with van der Waals surface area (Å²) in [6, 6.07) is 8.09. The Balaban J connectivity index is 2.04. The molecule has 0 saturated carbocycles. The molecule has 6 heteroatoms. The second-order valence-corrected chi connectivity index (χ2v) is 6.77. The molecule has 23 heavy (non-hydrogen) atoms. The summed E-state index contributed by atoms with van der Waals surface area (Å²) >= 11 is 3.48. The molecule has 0 bridgehead atoms. The second-order valence-electron chi connectivity index (χ2n) is 5.85. The molecule has 0 unspecified atom stereocenters. The van der Waals surface area contributed by atoms with Gasteiger partial charge in [-0.05, 0) is 64.7 Å². The fourth-order valence-corrected chi connectivity index (χ4v) is 2.71. The van der Waals surface area contributed by atoms with E-state index in [-0.39, 0.29) is 0 Å². The Kier molecular flexibility index (Phi) is 6.36. The van der Waals surface area contributed by atoms with Crippen LogP contribution in [0.4, 0.5) is 17.3 Å². The Hall–Kier alpha value is -1.66. The molecule has 0 aliphatic carbocycles. The maximum atomic E-state index is 4.47. The van der Waals surface area contributed by atoms with E-state index in [9.17, 15) is 0 Å². The highest BCUT2D eigenvalue weighted by Crippen LogP contribution is 2.23. The smallest absolute Gasteiger partial charge is 0.136 e. The number of aryl methyl sites for hydroxylation is 2. The van der Waals surface area contributed by atoms with Crippen molar-refractivity contribution in [2.45, 2.75) is 20.3 Å². The molecule has 0 saturated heterocycles. The number of nitrogens with one attached hydrogen (secondary N) is 2. The van der Waals surface area contributed by atoms with Gasteiger partial charge in [0.1, 0.15) is 17.5 Å². The molecular weight excluding hydrogens is 354 g/mol. The van der Waals surface area contributed by atoms with Crippen molar-refractivity contribution in [3.8, 4) is 0 Å². The van der Waals surface area contributed by atoms with Gasteiger partial charge in [0.2, 0.25) is 0 Å². The number of anilines is 3. The van der Waals surface area contributed by atoms with E-state index in [1.54, 1.807) is 0 Å². The van der Waals surface area contributed by atoms with Crippen LogP contribution >= 0.6 is 15.9 Å². The zero-order valence-corrected chi connectivity index (χ0v) is 15.7. The van der Waals surface area contributed by atoms with Crippen LogP contribution in [0.1, 0.15) is 17.8 Å². The maximum absolute atomic E-state index is 4.47. The predicted octanol–water partition coefficient (Wildman–Crippen LogP) is 3.96. The molecule has 0 aliphatic heterocycles. The number of nitrogens with zero attached hydrogens (tertiary/aromatic N) is 3. The lowest BCUT2D eigenvalue weighted by Crippen LogP contribution is -2.16. The molecule has 2 rings (SSSR count). The quantitative estimate of drug-likeness (QED) is 0.715. The van der Waals surface area contributed by atoms with E-state index < -0.39 is 0 Å². The van der Waals surface area contributed by atoms with Crippen LogP contribution in [0.15, 0.2) is 28.7 Å². The maximum Gasteiger partial charge on any atom is 0.136 e. The average molecular weight is 378 g/mol. The summed E-state index contributed by atoms with van der Waals surface area (Å²) in [5.74, 6) is 2.41. The summed E-state index contributed by atoms with van der Waals surface area (Å²) in [7, 11) is 4.16. The van der Waals surface area contributed by atoms with Crippen LogP contribution < -0.4 is 10.6 Å². The fourth-order valence-electron chi connectivity index (χ4n) is 2.24. The van der Waals surface area contributed by atoms with Crippen LogP contribution in [0, 0.1) is 13.8 Å². The van der Waals surface area contributed by atoms with Crippen LogP contribution in [-0.4, -0.2) is 42.1 Å². The van der Waals surface area contributed by atoms with E-state index >= 15 is 0 Å². The summed E-state index contributed by atoms with van der Waals surface area (Å²) in [5, 5.41) is 6.73. The van der Waals surface area contributed by atoms with Gasteiger partial charge >= 0.3 is 0 Å². The van der Waals surface area contributed by atoms with Crippen molar-refractivity contribution in [2.75, 3.05) is 37.8 Å². The molecule has 0 fully saturated rings. The zero-order chi connectivity index (χ0) is 16.8. The summed E-state index contributed by atoms with van der Waals surface area (Å²) < 4.78 is 1.07. The largest absolute Gasteiger partial charge is 0.370 e. The first-order valence-electron chi connectivity index (χ1n) is 7.71. The molecule has 1 aromatic carbocycles. The molecule has 0 spiro atoms. The highest BCUT2D eigenvalue weighted by Gasteiger charge is 2.05. The van der Waals surface area contributed by atoms with Gasteiger partial charge in [-0.3, -0.25) is 0 Å². The molecule has 0 radical (unpaired) electrons. The first-order valence-corrected chi connectivity index (χ1v) is 8.51. The second kappa shape index (κ2) is 8.26. The molecule has 2 aromatic rings. The highest BCUT2D eigenvalue weighted by molar-refractivity contribution is 9.10. The Morgan fingerprint density at radius 3 is 2.52 bits per heavy atom. The van der Waals surface area contributed by atoms with E-state index in [0.717, 1.165) is 52.7 Å². The van der Waals surface area contributed by atoms with Gasteiger partial charge in [-0.15, -0.1) is 0 Å². The van der Waals surface area contributed by atoms with Gasteiger partial charge in [-0.25, -0.2) is 9.97 Å². The summed E-state index contributed by atoms with van der Waals surface area (Å²) in [6.45, 7) is 5.93. The van der Waals surface area contributed by atoms with Gasteiger partial charge in [-0.2, -0.15) is 0 Å². The SMILES string of the molecule is Cc1nc(NCCCN(C)C)cc(Nc2ccc(Br)cc2C)n1. The Morgan fingerprint density at radius 2 is 1.83 bits per heavy atom. The Bertz CT molecular complexity index is 657. The molecule has 0 amide bonds. The minimum atomic E-state index is 0.750. The number of halogens is 1. The van der Waals surface area contributed by atoms with Gasteiger partial charge < -0.3 is 15.5 Å². The molecule has 5 nitrogen and oxygen atoms in total. The molecule has 1 heterocycles. The lowest BCUT2D eigenvalue weighted by Gasteiger charge is -2.13. The predicted molar refractivity (Wildman–Crippen MR) is 101 cm³/mol. The standard InChI is InChI=1S/C17H24BrN5/c1-12-10-14(18)6-7-15(12)22-17-11-16(20-13(2)21-17)19-8-5-9-23(3)4/h6-7,10-11H,5,8-9H2,1-4H3,(H2,19,20,21,22). The number of benzene rings is 1. The van der Waals surface area contributed by atoms with E-state index in [1.807, 2.05) is 25.1 Å². The van der Waals surface area contributed by atoms with Gasteiger partial charge in [-0.1, -0.05) is 15.9 Å². The van der Waals surface area contributed by atoms with Gasteiger partial charge in [0.05, 0.1) is 0 Å². The molecule has 124 valence electrons. The van der Waals surface area contributed by atoms with Gasteiger partial charge in [0, 0.05) is 22.8 Å². The van der Waals surface area contributed by atoms with Crippen LogP contribution in [0.3, 0.4) is 0 Å². The summed E-state index contributed by atoms with van der Waals surface area (Å²) in [4.78, 5) is 11.1. The third-order valence-corrected chi connectivity index (χ3v) is 3.87. The van der Waals surface area contributed by atoms with Gasteiger partial charge in [0.25, 0.3) is 0 Å². The average Bonchev–Trinajstić information content (AvgIpc) is 2.46. The number of hydrogen-bond donors (Lipinski definition) is 2. The van der Waals surface area contributed by atoms with Gasteiger partial charge in [0.15, 0.2) is 0 Å². The Morgan fingerprint density at radius 1 is 1.09 bits per heavy atom. The van der Waals surface area contributed by atoms with Crippen LogP contribution in [0.5, 0.6) is 0 Å². The first-order chi connectivity index (χ1) is 10.9. The lowest BCUT2D eigenvalue weighted by atomic mass is 10.2. The van der Waals surface area contributed by atoms with Crippen molar-refractivity contribution in [3.05, 3.63) is 40.1 Å². The summed E-state index contributed by atoms with van der Waals surface area (Å²) in [5.41, 5.74) is 2.21. The normalized spacial score (nSPS) is 10.9. The van der Waals surface area contributed by atoms with Crippen molar-refractivity contribution >= 4 is 33.3 Å². The molecular formula is C17H24BrN5. The highest BCUT2D eigenvalue weighted by atomic mass is 79.9. The number of hydrogen-bond acceptors (Lipinski definition) is 5. The lowest BCUT2D eigenvalue weighted by molar-refractivity contribution is 0.405. The number of rotatable bonds is 7. The molecule has 1 aromatic heterocycles.